The Morgan fingerprint density at radius 1 is 1.23 bits per heavy atom. The van der Waals surface area contributed by atoms with Crippen molar-refractivity contribution in [3.8, 4) is 11.3 Å². The van der Waals surface area contributed by atoms with Gasteiger partial charge >= 0.3 is 0 Å². The van der Waals surface area contributed by atoms with Crippen LogP contribution in [0.1, 0.15) is 0 Å². The van der Waals surface area contributed by atoms with Crippen molar-refractivity contribution >= 4 is 27.5 Å². The number of halogens is 2. The summed E-state index contributed by atoms with van der Waals surface area (Å²) in [6.45, 7) is 0. The molecule has 1 aromatic carbocycles. The lowest BCUT2D eigenvalue weighted by Gasteiger charge is -2.00. The molecule has 2 aromatic rings. The monoisotopic (exact) mass is 256 g/mol. The molecule has 0 amide bonds. The van der Waals surface area contributed by atoms with Crippen LogP contribution in [0.2, 0.25) is 5.02 Å². The van der Waals surface area contributed by atoms with E-state index in [4.69, 9.17) is 16.0 Å². The third-order valence-corrected chi connectivity index (χ3v) is 2.52. The van der Waals surface area contributed by atoms with E-state index < -0.39 is 0 Å². The van der Waals surface area contributed by atoms with Crippen LogP contribution >= 0.6 is 27.5 Å². The molecular formula is C10H6BrClO. The molecule has 1 heterocycles. The van der Waals surface area contributed by atoms with Crippen LogP contribution < -0.4 is 0 Å². The molecule has 3 heteroatoms. The van der Waals surface area contributed by atoms with Gasteiger partial charge in [-0.2, -0.15) is 0 Å². The summed E-state index contributed by atoms with van der Waals surface area (Å²) in [5, 5.41) is 0.685. The first-order chi connectivity index (χ1) is 6.27. The normalized spacial score (nSPS) is 10.3. The van der Waals surface area contributed by atoms with Gasteiger partial charge in [-0.3, -0.25) is 0 Å². The Balaban J connectivity index is 2.53. The molecule has 1 aromatic heterocycles. The van der Waals surface area contributed by atoms with Crippen molar-refractivity contribution in [1.82, 2.24) is 0 Å². The van der Waals surface area contributed by atoms with E-state index in [-0.39, 0.29) is 0 Å². The lowest BCUT2D eigenvalue weighted by Crippen LogP contribution is -1.75. The van der Waals surface area contributed by atoms with Gasteiger partial charge in [0.1, 0.15) is 5.76 Å². The third kappa shape index (κ3) is 1.79. The van der Waals surface area contributed by atoms with Crippen LogP contribution in [0, 0.1) is 0 Å². The third-order valence-electron chi connectivity index (χ3n) is 1.72. The largest absolute Gasteiger partial charge is 0.464 e. The van der Waals surface area contributed by atoms with Crippen molar-refractivity contribution < 1.29 is 4.42 Å². The maximum atomic E-state index is 6.03. The van der Waals surface area contributed by atoms with E-state index in [1.807, 2.05) is 30.3 Å². The molecule has 0 radical (unpaired) electrons. The molecule has 0 bridgehead atoms. The summed E-state index contributed by atoms with van der Waals surface area (Å²) in [4.78, 5) is 0. The highest BCUT2D eigenvalue weighted by molar-refractivity contribution is 9.10. The molecule has 0 N–H and O–H groups in total. The number of rotatable bonds is 1. The minimum Gasteiger partial charge on any atom is -0.464 e. The van der Waals surface area contributed by atoms with E-state index in [1.54, 1.807) is 6.26 Å². The molecule has 0 unspecified atom stereocenters. The second-order valence-corrected chi connectivity index (χ2v) is 3.92. The number of hydrogen-bond donors (Lipinski definition) is 0. The molecule has 13 heavy (non-hydrogen) atoms. The van der Waals surface area contributed by atoms with Crippen molar-refractivity contribution in [2.24, 2.45) is 0 Å². The molecular weight excluding hydrogens is 251 g/mol. The van der Waals surface area contributed by atoms with E-state index in [2.05, 4.69) is 15.9 Å². The fourth-order valence-corrected chi connectivity index (χ4v) is 1.89. The van der Waals surface area contributed by atoms with Crippen LogP contribution in [0.3, 0.4) is 0 Å². The van der Waals surface area contributed by atoms with Crippen molar-refractivity contribution in [3.63, 3.8) is 0 Å². The molecule has 2 rings (SSSR count). The Morgan fingerprint density at radius 3 is 2.69 bits per heavy atom. The Kier molecular flexibility index (Phi) is 2.42. The summed E-state index contributed by atoms with van der Waals surface area (Å²) in [5.74, 6) is 0.789. The number of benzene rings is 1. The van der Waals surface area contributed by atoms with Crippen LogP contribution in [0.15, 0.2) is 45.5 Å². The van der Waals surface area contributed by atoms with Crippen molar-refractivity contribution in [3.05, 3.63) is 46.1 Å². The van der Waals surface area contributed by atoms with Gasteiger partial charge in [0, 0.05) is 10.0 Å². The molecule has 0 aliphatic heterocycles. The lowest BCUT2D eigenvalue weighted by molar-refractivity contribution is 0.582. The zero-order valence-electron chi connectivity index (χ0n) is 6.63. The quantitative estimate of drug-likeness (QED) is 0.740. The minimum absolute atomic E-state index is 0.685. The number of hydrogen-bond acceptors (Lipinski definition) is 1. The van der Waals surface area contributed by atoms with Gasteiger partial charge in [0.2, 0.25) is 0 Å². The fourth-order valence-electron chi connectivity index (χ4n) is 1.12. The van der Waals surface area contributed by atoms with Crippen LogP contribution in [0.5, 0.6) is 0 Å². The summed E-state index contributed by atoms with van der Waals surface area (Å²) >= 11 is 9.38. The van der Waals surface area contributed by atoms with Gasteiger partial charge in [0.25, 0.3) is 0 Å². The molecule has 66 valence electrons. The zero-order chi connectivity index (χ0) is 9.26. The fraction of sp³-hybridized carbons (Fsp3) is 0. The van der Waals surface area contributed by atoms with Crippen molar-refractivity contribution in [1.29, 1.82) is 0 Å². The Labute approximate surface area is 89.5 Å². The van der Waals surface area contributed by atoms with E-state index >= 15 is 0 Å². The topological polar surface area (TPSA) is 13.1 Å². The molecule has 0 atom stereocenters. The van der Waals surface area contributed by atoms with Gasteiger partial charge < -0.3 is 4.42 Å². The molecule has 0 saturated carbocycles. The van der Waals surface area contributed by atoms with Crippen LogP contribution in [0.4, 0.5) is 0 Å². The number of furan rings is 1. The highest BCUT2D eigenvalue weighted by Gasteiger charge is 2.05. The van der Waals surface area contributed by atoms with Gasteiger partial charge in [-0.1, -0.05) is 27.5 Å². The average Bonchev–Trinajstić information content (AvgIpc) is 2.56. The van der Waals surface area contributed by atoms with Gasteiger partial charge in [-0.05, 0) is 30.3 Å². The van der Waals surface area contributed by atoms with Crippen molar-refractivity contribution in [2.45, 2.75) is 0 Å². The van der Waals surface area contributed by atoms with Crippen LogP contribution in [0.25, 0.3) is 11.3 Å². The average molecular weight is 258 g/mol. The van der Waals surface area contributed by atoms with E-state index in [9.17, 15) is 0 Å². The molecule has 0 spiro atoms. The van der Waals surface area contributed by atoms with E-state index in [0.717, 1.165) is 15.8 Å². The first-order valence-corrected chi connectivity index (χ1v) is 4.93. The summed E-state index contributed by atoms with van der Waals surface area (Å²) < 4.78 is 6.21. The smallest absolute Gasteiger partial charge is 0.135 e. The maximum Gasteiger partial charge on any atom is 0.135 e. The van der Waals surface area contributed by atoms with Gasteiger partial charge in [-0.25, -0.2) is 0 Å². The Hall–Kier alpha value is -0.730. The van der Waals surface area contributed by atoms with Gasteiger partial charge in [0.05, 0.1) is 11.3 Å². The summed E-state index contributed by atoms with van der Waals surface area (Å²) in [7, 11) is 0. The second-order valence-electron chi connectivity index (χ2n) is 2.60. The highest BCUT2D eigenvalue weighted by atomic mass is 79.9. The molecule has 0 fully saturated rings. The molecule has 0 aliphatic rings. The Morgan fingerprint density at radius 2 is 2.08 bits per heavy atom. The first kappa shape index (κ1) is 8.85. The SMILES string of the molecule is Clc1cc(Br)ccc1-c1ccco1. The second kappa shape index (κ2) is 3.56. The van der Waals surface area contributed by atoms with Gasteiger partial charge in [0.15, 0.2) is 0 Å². The highest BCUT2D eigenvalue weighted by Crippen LogP contribution is 2.30. The first-order valence-electron chi connectivity index (χ1n) is 3.76. The molecule has 0 aliphatic carbocycles. The van der Waals surface area contributed by atoms with E-state index in [1.165, 1.54) is 0 Å². The summed E-state index contributed by atoms with van der Waals surface area (Å²) in [6.07, 6.45) is 1.63. The molecule has 1 nitrogen and oxygen atoms in total. The van der Waals surface area contributed by atoms with Crippen LogP contribution in [-0.2, 0) is 0 Å². The van der Waals surface area contributed by atoms with E-state index in [0.29, 0.717) is 5.02 Å². The summed E-state index contributed by atoms with van der Waals surface area (Å²) in [6, 6.07) is 9.43. The van der Waals surface area contributed by atoms with Gasteiger partial charge in [-0.15, -0.1) is 0 Å². The Bertz CT molecular complexity index is 409. The predicted octanol–water partition coefficient (Wildman–Crippen LogP) is 4.36. The maximum absolute atomic E-state index is 6.03. The predicted molar refractivity (Wildman–Crippen MR) is 56.9 cm³/mol. The van der Waals surface area contributed by atoms with Crippen LogP contribution in [-0.4, -0.2) is 0 Å². The standard InChI is InChI=1S/C10H6BrClO/c11-7-3-4-8(9(12)6-7)10-2-1-5-13-10/h1-6H. The minimum atomic E-state index is 0.685. The zero-order valence-corrected chi connectivity index (χ0v) is 8.97. The lowest BCUT2D eigenvalue weighted by atomic mass is 10.2. The summed E-state index contributed by atoms with van der Waals surface area (Å²) in [5.41, 5.74) is 0.912. The van der Waals surface area contributed by atoms with Crippen molar-refractivity contribution in [2.75, 3.05) is 0 Å². The molecule has 0 saturated heterocycles.